The average Bonchev–Trinajstić information content (AvgIpc) is 2.93. The van der Waals surface area contributed by atoms with Crippen molar-refractivity contribution in [2.75, 3.05) is 6.54 Å². The van der Waals surface area contributed by atoms with Crippen molar-refractivity contribution in [2.24, 2.45) is 0 Å². The van der Waals surface area contributed by atoms with E-state index in [-0.39, 0.29) is 16.5 Å². The molecule has 0 radical (unpaired) electrons. The number of carbonyl (C=O) groups excluding carboxylic acids is 1. The molecule has 26 heavy (non-hydrogen) atoms. The summed E-state index contributed by atoms with van der Waals surface area (Å²) >= 11 is 5.90. The zero-order valence-corrected chi connectivity index (χ0v) is 15.3. The SMILES string of the molecule is Cc1cc(C)n(-c2ccc(CCNC(=O)c3ccc(F)cc3Cl)cc2)n1. The Labute approximate surface area is 156 Å². The molecular formula is C20H19ClFN3O. The van der Waals surface area contributed by atoms with Crippen LogP contribution in [0.25, 0.3) is 5.69 Å². The minimum Gasteiger partial charge on any atom is -0.352 e. The minimum absolute atomic E-state index is 0.108. The largest absolute Gasteiger partial charge is 0.352 e. The van der Waals surface area contributed by atoms with Crippen LogP contribution in [0.4, 0.5) is 4.39 Å². The van der Waals surface area contributed by atoms with Crippen LogP contribution in [-0.2, 0) is 6.42 Å². The van der Waals surface area contributed by atoms with Crippen LogP contribution in [0.5, 0.6) is 0 Å². The number of rotatable bonds is 5. The van der Waals surface area contributed by atoms with Crippen molar-refractivity contribution in [3.63, 3.8) is 0 Å². The molecule has 3 aromatic rings. The van der Waals surface area contributed by atoms with Gasteiger partial charge in [-0.1, -0.05) is 23.7 Å². The highest BCUT2D eigenvalue weighted by molar-refractivity contribution is 6.33. The van der Waals surface area contributed by atoms with Crippen molar-refractivity contribution in [1.29, 1.82) is 0 Å². The summed E-state index contributed by atoms with van der Waals surface area (Å²) < 4.78 is 14.9. The predicted octanol–water partition coefficient (Wildman–Crippen LogP) is 4.25. The van der Waals surface area contributed by atoms with E-state index in [9.17, 15) is 9.18 Å². The van der Waals surface area contributed by atoms with E-state index < -0.39 is 5.82 Å². The Kier molecular flexibility index (Phi) is 5.38. The third kappa shape index (κ3) is 4.11. The second kappa shape index (κ2) is 7.70. The molecule has 0 bridgehead atoms. The van der Waals surface area contributed by atoms with E-state index in [0.29, 0.717) is 13.0 Å². The molecule has 6 heteroatoms. The van der Waals surface area contributed by atoms with E-state index in [1.54, 1.807) is 0 Å². The van der Waals surface area contributed by atoms with Crippen LogP contribution >= 0.6 is 11.6 Å². The first kappa shape index (κ1) is 18.1. The van der Waals surface area contributed by atoms with Gasteiger partial charge in [0.15, 0.2) is 0 Å². The van der Waals surface area contributed by atoms with Crippen molar-refractivity contribution in [1.82, 2.24) is 15.1 Å². The van der Waals surface area contributed by atoms with Gasteiger partial charge in [-0.2, -0.15) is 5.10 Å². The average molecular weight is 372 g/mol. The molecular weight excluding hydrogens is 353 g/mol. The summed E-state index contributed by atoms with van der Waals surface area (Å²) in [6, 6.07) is 13.8. The molecule has 0 saturated heterocycles. The van der Waals surface area contributed by atoms with Gasteiger partial charge in [-0.3, -0.25) is 4.79 Å². The van der Waals surface area contributed by atoms with E-state index in [4.69, 9.17) is 11.6 Å². The molecule has 3 rings (SSSR count). The number of benzene rings is 2. The molecule has 1 N–H and O–H groups in total. The number of nitrogens with zero attached hydrogens (tertiary/aromatic N) is 2. The number of amides is 1. The van der Waals surface area contributed by atoms with Crippen LogP contribution < -0.4 is 5.32 Å². The summed E-state index contributed by atoms with van der Waals surface area (Å²) in [6.07, 6.45) is 0.682. The molecule has 0 aliphatic carbocycles. The highest BCUT2D eigenvalue weighted by Crippen LogP contribution is 2.17. The Balaban J connectivity index is 1.58. The van der Waals surface area contributed by atoms with Gasteiger partial charge >= 0.3 is 0 Å². The summed E-state index contributed by atoms with van der Waals surface area (Å²) in [5.74, 6) is -0.775. The molecule has 1 aromatic heterocycles. The zero-order valence-electron chi connectivity index (χ0n) is 14.6. The second-order valence-corrected chi connectivity index (χ2v) is 6.54. The first-order chi connectivity index (χ1) is 12.4. The highest BCUT2D eigenvalue weighted by Gasteiger charge is 2.10. The summed E-state index contributed by atoms with van der Waals surface area (Å²) in [6.45, 7) is 4.45. The summed E-state index contributed by atoms with van der Waals surface area (Å²) in [5, 5.41) is 7.38. The highest BCUT2D eigenvalue weighted by atomic mass is 35.5. The van der Waals surface area contributed by atoms with E-state index >= 15 is 0 Å². The van der Waals surface area contributed by atoms with Crippen LogP contribution in [0.3, 0.4) is 0 Å². The van der Waals surface area contributed by atoms with Gasteiger partial charge in [-0.15, -0.1) is 0 Å². The van der Waals surface area contributed by atoms with Gasteiger partial charge in [-0.05, 0) is 62.2 Å². The van der Waals surface area contributed by atoms with Crippen molar-refractivity contribution in [3.8, 4) is 5.69 Å². The van der Waals surface area contributed by atoms with Gasteiger partial charge in [0, 0.05) is 12.2 Å². The first-order valence-electron chi connectivity index (χ1n) is 8.30. The van der Waals surface area contributed by atoms with Gasteiger partial charge in [-0.25, -0.2) is 9.07 Å². The number of hydrogen-bond donors (Lipinski definition) is 1. The van der Waals surface area contributed by atoms with Crippen molar-refractivity contribution in [2.45, 2.75) is 20.3 Å². The van der Waals surface area contributed by atoms with Crippen molar-refractivity contribution in [3.05, 3.63) is 81.9 Å². The Bertz CT molecular complexity index is 935. The zero-order chi connectivity index (χ0) is 18.7. The molecule has 0 saturated carbocycles. The molecule has 1 amide bonds. The molecule has 0 atom stereocenters. The van der Waals surface area contributed by atoms with Gasteiger partial charge in [0.2, 0.25) is 0 Å². The quantitative estimate of drug-likeness (QED) is 0.728. The normalized spacial score (nSPS) is 10.8. The number of hydrogen-bond acceptors (Lipinski definition) is 2. The summed E-state index contributed by atoms with van der Waals surface area (Å²) in [7, 11) is 0. The second-order valence-electron chi connectivity index (χ2n) is 6.14. The smallest absolute Gasteiger partial charge is 0.252 e. The fourth-order valence-electron chi connectivity index (χ4n) is 2.78. The monoisotopic (exact) mass is 371 g/mol. The summed E-state index contributed by atoms with van der Waals surface area (Å²) in [5.41, 5.74) is 4.43. The molecule has 0 fully saturated rings. The maximum absolute atomic E-state index is 13.0. The lowest BCUT2D eigenvalue weighted by atomic mass is 10.1. The Hall–Kier alpha value is -2.66. The van der Waals surface area contributed by atoms with E-state index in [2.05, 4.69) is 10.4 Å². The fourth-order valence-corrected chi connectivity index (χ4v) is 3.04. The third-order valence-electron chi connectivity index (χ3n) is 4.07. The number of halogens is 2. The maximum Gasteiger partial charge on any atom is 0.252 e. The number of aryl methyl sites for hydroxylation is 2. The molecule has 134 valence electrons. The molecule has 4 nitrogen and oxygen atoms in total. The third-order valence-corrected chi connectivity index (χ3v) is 4.38. The topological polar surface area (TPSA) is 46.9 Å². The van der Waals surface area contributed by atoms with Crippen LogP contribution in [0.2, 0.25) is 5.02 Å². The van der Waals surface area contributed by atoms with E-state index in [1.807, 2.05) is 48.9 Å². The number of carbonyl (C=O) groups is 1. The van der Waals surface area contributed by atoms with E-state index in [0.717, 1.165) is 28.7 Å². The molecule has 0 unspecified atom stereocenters. The minimum atomic E-state index is -0.464. The lowest BCUT2D eigenvalue weighted by Crippen LogP contribution is -2.26. The lowest BCUT2D eigenvalue weighted by molar-refractivity contribution is 0.0954. The van der Waals surface area contributed by atoms with Gasteiger partial charge in [0.25, 0.3) is 5.91 Å². The molecule has 0 spiro atoms. The maximum atomic E-state index is 13.0. The van der Waals surface area contributed by atoms with Crippen molar-refractivity contribution >= 4 is 17.5 Å². The number of nitrogens with one attached hydrogen (secondary N) is 1. The Morgan fingerprint density at radius 3 is 2.50 bits per heavy atom. The molecule has 2 aromatic carbocycles. The van der Waals surface area contributed by atoms with E-state index in [1.165, 1.54) is 12.1 Å². The van der Waals surface area contributed by atoms with Crippen LogP contribution in [0.15, 0.2) is 48.5 Å². The van der Waals surface area contributed by atoms with Crippen LogP contribution in [0, 0.1) is 19.7 Å². The first-order valence-corrected chi connectivity index (χ1v) is 8.67. The standard InChI is InChI=1S/C20H19ClFN3O/c1-13-11-14(2)25(24-13)17-6-3-15(4-7-17)9-10-23-20(26)18-8-5-16(22)12-19(18)21/h3-8,11-12H,9-10H2,1-2H3,(H,23,26). The van der Waals surface area contributed by atoms with Crippen LogP contribution in [-0.4, -0.2) is 22.2 Å². The Morgan fingerprint density at radius 1 is 1.15 bits per heavy atom. The predicted molar refractivity (Wildman–Crippen MR) is 100 cm³/mol. The van der Waals surface area contributed by atoms with Gasteiger partial charge < -0.3 is 5.32 Å². The molecule has 1 heterocycles. The fraction of sp³-hybridized carbons (Fsp3) is 0.200. The van der Waals surface area contributed by atoms with Crippen LogP contribution in [0.1, 0.15) is 27.3 Å². The Morgan fingerprint density at radius 2 is 1.88 bits per heavy atom. The molecule has 0 aliphatic heterocycles. The summed E-state index contributed by atoms with van der Waals surface area (Å²) in [4.78, 5) is 12.1. The van der Waals surface area contributed by atoms with Gasteiger partial charge in [0.05, 0.1) is 22.0 Å². The molecule has 0 aliphatic rings. The van der Waals surface area contributed by atoms with Gasteiger partial charge in [0.1, 0.15) is 5.82 Å². The number of aromatic nitrogens is 2. The lowest BCUT2D eigenvalue weighted by Gasteiger charge is -2.08. The van der Waals surface area contributed by atoms with Crippen molar-refractivity contribution < 1.29 is 9.18 Å².